The first-order valence-electron chi connectivity index (χ1n) is 9.89. The van der Waals surface area contributed by atoms with Crippen molar-refractivity contribution in [1.82, 2.24) is 20.1 Å². The number of imide groups is 1. The van der Waals surface area contributed by atoms with Crippen molar-refractivity contribution in [3.05, 3.63) is 59.8 Å². The van der Waals surface area contributed by atoms with Gasteiger partial charge >= 0.3 is 12.2 Å². The van der Waals surface area contributed by atoms with Gasteiger partial charge in [-0.3, -0.25) is 9.69 Å². The number of urea groups is 1. The van der Waals surface area contributed by atoms with Gasteiger partial charge in [0.25, 0.3) is 5.91 Å². The second kappa shape index (κ2) is 7.84. The number of alkyl halides is 3. The summed E-state index contributed by atoms with van der Waals surface area (Å²) < 4.78 is 38.1. The van der Waals surface area contributed by atoms with Crippen LogP contribution in [0.2, 0.25) is 0 Å². The summed E-state index contributed by atoms with van der Waals surface area (Å²) in [7, 11) is 0. The van der Waals surface area contributed by atoms with E-state index in [2.05, 4.69) is 10.3 Å². The Labute approximate surface area is 177 Å². The van der Waals surface area contributed by atoms with Gasteiger partial charge in [0.15, 0.2) is 0 Å². The SMILES string of the molecule is C[C@]1(c2ccccc2)NC(=O)N(CN2CCN(c3ccc(C(F)(F)F)cn3)CC2)C1=O. The molecule has 31 heavy (non-hydrogen) atoms. The van der Waals surface area contributed by atoms with Crippen LogP contribution in [0.4, 0.5) is 23.8 Å². The highest BCUT2D eigenvalue weighted by Crippen LogP contribution is 2.30. The summed E-state index contributed by atoms with van der Waals surface area (Å²) in [6.07, 6.45) is -3.58. The zero-order chi connectivity index (χ0) is 22.2. The number of halogens is 3. The van der Waals surface area contributed by atoms with E-state index in [1.165, 1.54) is 11.0 Å². The number of hydrogen-bond donors (Lipinski definition) is 1. The maximum Gasteiger partial charge on any atom is 0.417 e. The number of hydrogen-bond acceptors (Lipinski definition) is 5. The molecular formula is C21H22F3N5O2. The Bertz CT molecular complexity index is 959. The van der Waals surface area contributed by atoms with Crippen LogP contribution in [0.3, 0.4) is 0 Å². The molecule has 0 unspecified atom stereocenters. The lowest BCUT2D eigenvalue weighted by Gasteiger charge is -2.36. The van der Waals surface area contributed by atoms with Crippen LogP contribution in [-0.2, 0) is 16.5 Å². The molecule has 1 N–H and O–H groups in total. The Morgan fingerprint density at radius 3 is 2.29 bits per heavy atom. The monoisotopic (exact) mass is 433 g/mol. The lowest BCUT2D eigenvalue weighted by atomic mass is 9.92. The summed E-state index contributed by atoms with van der Waals surface area (Å²) in [5, 5.41) is 2.79. The lowest BCUT2D eigenvalue weighted by molar-refractivity contribution is -0.137. The predicted octanol–water partition coefficient (Wildman–Crippen LogP) is 2.65. The van der Waals surface area contributed by atoms with Gasteiger partial charge in [-0.1, -0.05) is 30.3 Å². The fourth-order valence-corrected chi connectivity index (χ4v) is 3.85. The molecule has 3 heterocycles. The van der Waals surface area contributed by atoms with E-state index in [4.69, 9.17) is 0 Å². The third kappa shape index (κ3) is 4.07. The van der Waals surface area contributed by atoms with E-state index in [-0.39, 0.29) is 12.6 Å². The number of nitrogens with zero attached hydrogens (tertiary/aromatic N) is 4. The van der Waals surface area contributed by atoms with Crippen molar-refractivity contribution < 1.29 is 22.8 Å². The maximum absolute atomic E-state index is 13.0. The molecule has 0 aliphatic carbocycles. The third-order valence-electron chi connectivity index (χ3n) is 5.74. The highest BCUT2D eigenvalue weighted by atomic mass is 19.4. The minimum atomic E-state index is -4.42. The summed E-state index contributed by atoms with van der Waals surface area (Å²) in [6, 6.07) is 11.0. The van der Waals surface area contributed by atoms with Gasteiger partial charge in [-0.2, -0.15) is 13.2 Å². The molecule has 0 saturated carbocycles. The molecule has 2 saturated heterocycles. The van der Waals surface area contributed by atoms with Crippen LogP contribution in [0.25, 0.3) is 0 Å². The summed E-state index contributed by atoms with van der Waals surface area (Å²) in [6.45, 7) is 3.98. The molecule has 2 aromatic rings. The standard InChI is InChI=1S/C21H22F3N5O2/c1-20(15-5-3-2-4-6-15)18(30)29(19(31)26-20)14-27-9-11-28(12-10-27)17-8-7-16(13-25-17)21(22,23)24/h2-8,13H,9-12,14H2,1H3,(H,26,31)/t20-/m1/s1. The summed E-state index contributed by atoms with van der Waals surface area (Å²) in [5.41, 5.74) is -1.17. The lowest BCUT2D eigenvalue weighted by Crippen LogP contribution is -2.51. The van der Waals surface area contributed by atoms with Gasteiger partial charge < -0.3 is 10.2 Å². The average molecular weight is 433 g/mol. The predicted molar refractivity (Wildman–Crippen MR) is 107 cm³/mol. The van der Waals surface area contributed by atoms with Crippen molar-refractivity contribution >= 4 is 17.8 Å². The first-order valence-corrected chi connectivity index (χ1v) is 9.89. The molecule has 10 heteroatoms. The number of benzene rings is 1. The Balaban J connectivity index is 1.37. The molecule has 164 valence electrons. The highest BCUT2D eigenvalue weighted by Gasteiger charge is 2.49. The number of aromatic nitrogens is 1. The topological polar surface area (TPSA) is 68.8 Å². The van der Waals surface area contributed by atoms with E-state index < -0.39 is 23.3 Å². The van der Waals surface area contributed by atoms with E-state index in [0.29, 0.717) is 37.6 Å². The van der Waals surface area contributed by atoms with Crippen LogP contribution in [0, 0.1) is 0 Å². The van der Waals surface area contributed by atoms with Crippen LogP contribution in [-0.4, -0.2) is 59.6 Å². The van der Waals surface area contributed by atoms with Gasteiger partial charge in [0.1, 0.15) is 11.4 Å². The molecular weight excluding hydrogens is 411 g/mol. The molecule has 1 atom stereocenters. The van der Waals surface area contributed by atoms with Gasteiger partial charge in [-0.15, -0.1) is 0 Å². The van der Waals surface area contributed by atoms with E-state index in [1.54, 1.807) is 19.1 Å². The number of anilines is 1. The molecule has 2 aliphatic heterocycles. The molecule has 1 aromatic heterocycles. The fourth-order valence-electron chi connectivity index (χ4n) is 3.85. The quantitative estimate of drug-likeness (QED) is 0.751. The smallest absolute Gasteiger partial charge is 0.354 e. The van der Waals surface area contributed by atoms with Crippen LogP contribution in [0.5, 0.6) is 0 Å². The number of nitrogens with one attached hydrogen (secondary N) is 1. The fraction of sp³-hybridized carbons (Fsp3) is 0.381. The van der Waals surface area contributed by atoms with Gasteiger partial charge in [0.05, 0.1) is 12.2 Å². The van der Waals surface area contributed by atoms with Crippen LogP contribution in [0.15, 0.2) is 48.7 Å². The molecule has 4 rings (SSSR count). The molecule has 2 aliphatic rings. The number of carbonyl (C=O) groups excluding carboxylic acids is 2. The third-order valence-corrected chi connectivity index (χ3v) is 5.74. The first-order chi connectivity index (χ1) is 14.7. The van der Waals surface area contributed by atoms with Crippen molar-refractivity contribution in [2.24, 2.45) is 0 Å². The average Bonchev–Trinajstić information content (AvgIpc) is 2.98. The Morgan fingerprint density at radius 1 is 1.03 bits per heavy atom. The summed E-state index contributed by atoms with van der Waals surface area (Å²) in [5.74, 6) is 0.162. The maximum atomic E-state index is 13.0. The number of carbonyl (C=O) groups is 2. The minimum absolute atomic E-state index is 0.154. The Hall–Kier alpha value is -3.14. The van der Waals surface area contributed by atoms with Gasteiger partial charge in [0.2, 0.25) is 0 Å². The van der Waals surface area contributed by atoms with Gasteiger partial charge in [-0.25, -0.2) is 14.7 Å². The molecule has 0 spiro atoms. The van der Waals surface area contributed by atoms with Crippen molar-refractivity contribution in [1.29, 1.82) is 0 Å². The van der Waals surface area contributed by atoms with Crippen LogP contribution in [0.1, 0.15) is 18.1 Å². The van der Waals surface area contributed by atoms with E-state index >= 15 is 0 Å². The zero-order valence-corrected chi connectivity index (χ0v) is 16.9. The number of amides is 3. The van der Waals surface area contributed by atoms with Crippen molar-refractivity contribution in [3.63, 3.8) is 0 Å². The zero-order valence-electron chi connectivity index (χ0n) is 16.9. The summed E-state index contributed by atoms with van der Waals surface area (Å²) >= 11 is 0. The van der Waals surface area contributed by atoms with E-state index in [1.807, 2.05) is 28.0 Å². The highest BCUT2D eigenvalue weighted by molar-refractivity contribution is 6.07. The molecule has 7 nitrogen and oxygen atoms in total. The Kier molecular flexibility index (Phi) is 5.34. The first kappa shape index (κ1) is 21.1. The number of pyridine rings is 1. The molecule has 0 radical (unpaired) electrons. The molecule has 1 aromatic carbocycles. The van der Waals surface area contributed by atoms with E-state index in [0.717, 1.165) is 12.3 Å². The largest absolute Gasteiger partial charge is 0.417 e. The normalized spacial score (nSPS) is 22.7. The number of piperazine rings is 1. The van der Waals surface area contributed by atoms with E-state index in [9.17, 15) is 22.8 Å². The van der Waals surface area contributed by atoms with Gasteiger partial charge in [-0.05, 0) is 24.6 Å². The van der Waals surface area contributed by atoms with Crippen molar-refractivity contribution in [2.75, 3.05) is 37.7 Å². The molecule has 3 amide bonds. The molecule has 2 fully saturated rings. The molecule has 0 bridgehead atoms. The minimum Gasteiger partial charge on any atom is -0.354 e. The second-order valence-electron chi connectivity index (χ2n) is 7.80. The Morgan fingerprint density at radius 2 is 1.71 bits per heavy atom. The van der Waals surface area contributed by atoms with Gasteiger partial charge in [0, 0.05) is 32.4 Å². The summed E-state index contributed by atoms with van der Waals surface area (Å²) in [4.78, 5) is 34.5. The van der Waals surface area contributed by atoms with Crippen molar-refractivity contribution in [3.8, 4) is 0 Å². The number of rotatable bonds is 4. The van der Waals surface area contributed by atoms with Crippen LogP contribution >= 0.6 is 0 Å². The second-order valence-corrected chi connectivity index (χ2v) is 7.80. The van der Waals surface area contributed by atoms with Crippen LogP contribution < -0.4 is 10.2 Å². The van der Waals surface area contributed by atoms with Crippen molar-refractivity contribution in [2.45, 2.75) is 18.6 Å².